The van der Waals surface area contributed by atoms with Crippen molar-refractivity contribution in [3.8, 4) is 0 Å². The molecule has 24 heavy (non-hydrogen) atoms. The van der Waals surface area contributed by atoms with Crippen LogP contribution in [0.3, 0.4) is 0 Å². The summed E-state index contributed by atoms with van der Waals surface area (Å²) in [5, 5.41) is 0. The van der Waals surface area contributed by atoms with Gasteiger partial charge in [-0.05, 0) is 13.2 Å². The van der Waals surface area contributed by atoms with E-state index in [-0.39, 0.29) is 12.2 Å². The molecule has 1 rings (SSSR count). The zero-order chi connectivity index (χ0) is 18.4. The van der Waals surface area contributed by atoms with E-state index >= 15 is 0 Å². The Morgan fingerprint density at radius 2 is 1.54 bits per heavy atom. The van der Waals surface area contributed by atoms with Crippen molar-refractivity contribution < 1.29 is 38.1 Å². The van der Waals surface area contributed by atoms with Crippen LogP contribution in [0.2, 0.25) is 0 Å². The number of rotatable bonds is 6. The van der Waals surface area contributed by atoms with E-state index < -0.39 is 47.6 Å². The minimum absolute atomic E-state index is 0.0379. The maximum Gasteiger partial charge on any atom is 0.338 e. The monoisotopic (exact) mass is 362 g/mol. The van der Waals surface area contributed by atoms with Crippen molar-refractivity contribution in [1.82, 2.24) is 0 Å². The van der Waals surface area contributed by atoms with Crippen LogP contribution in [0.4, 0.5) is 0 Å². The van der Waals surface area contributed by atoms with Crippen molar-refractivity contribution in [2.75, 3.05) is 13.4 Å². The van der Waals surface area contributed by atoms with Crippen molar-refractivity contribution >= 4 is 35.5 Å². The van der Waals surface area contributed by atoms with E-state index in [4.69, 9.17) is 18.9 Å². The van der Waals surface area contributed by atoms with Crippen LogP contribution in [0.25, 0.3) is 0 Å². The lowest BCUT2D eigenvalue weighted by atomic mass is 9.85. The summed E-state index contributed by atoms with van der Waals surface area (Å²) in [6, 6.07) is 0. The first-order valence-corrected chi connectivity index (χ1v) is 8.60. The van der Waals surface area contributed by atoms with Crippen molar-refractivity contribution in [3.05, 3.63) is 0 Å². The number of ketones is 1. The second kappa shape index (κ2) is 9.03. The molecular weight excluding hydrogens is 340 g/mol. The van der Waals surface area contributed by atoms with Gasteiger partial charge in [0.15, 0.2) is 6.10 Å². The molecule has 0 N–H and O–H groups in total. The van der Waals surface area contributed by atoms with Gasteiger partial charge >= 0.3 is 17.9 Å². The Balaban J connectivity index is 3.28. The van der Waals surface area contributed by atoms with Gasteiger partial charge in [0.05, 0.1) is 7.11 Å². The fourth-order valence-electron chi connectivity index (χ4n) is 2.65. The number of thioether (sulfide) groups is 1. The van der Waals surface area contributed by atoms with Crippen LogP contribution in [0.15, 0.2) is 0 Å². The molecule has 0 aromatic heterocycles. The Morgan fingerprint density at radius 3 is 1.96 bits per heavy atom. The molecule has 1 aliphatic heterocycles. The molecule has 0 amide bonds. The van der Waals surface area contributed by atoms with Crippen LogP contribution in [0, 0.1) is 5.92 Å². The summed E-state index contributed by atoms with van der Waals surface area (Å²) in [6.07, 6.45) is -1.46. The third kappa shape index (κ3) is 5.20. The summed E-state index contributed by atoms with van der Waals surface area (Å²) in [7, 11) is 1.18. The van der Waals surface area contributed by atoms with Crippen LogP contribution < -0.4 is 0 Å². The predicted octanol–water partition coefficient (Wildman–Crippen LogP) is 0.706. The molecule has 0 aromatic carbocycles. The van der Waals surface area contributed by atoms with Gasteiger partial charge in [0.2, 0.25) is 0 Å². The highest BCUT2D eigenvalue weighted by atomic mass is 32.2. The maximum atomic E-state index is 12.0. The first-order valence-electron chi connectivity index (χ1n) is 7.31. The molecule has 5 unspecified atom stereocenters. The molecule has 136 valence electrons. The highest BCUT2D eigenvalue weighted by Gasteiger charge is 2.52. The van der Waals surface area contributed by atoms with Crippen LogP contribution in [-0.2, 0) is 38.1 Å². The van der Waals surface area contributed by atoms with Gasteiger partial charge in [-0.25, -0.2) is 4.79 Å². The Morgan fingerprint density at radius 1 is 1.00 bits per heavy atom. The Kier molecular flexibility index (Phi) is 7.68. The molecule has 0 radical (unpaired) electrons. The second-order valence-electron chi connectivity index (χ2n) is 5.40. The van der Waals surface area contributed by atoms with E-state index in [2.05, 4.69) is 0 Å². The molecule has 5 atom stereocenters. The van der Waals surface area contributed by atoms with E-state index in [0.29, 0.717) is 0 Å². The van der Waals surface area contributed by atoms with Gasteiger partial charge < -0.3 is 23.7 Å². The number of carbonyl (C=O) groups is 4. The molecule has 0 saturated carbocycles. The highest BCUT2D eigenvalue weighted by molar-refractivity contribution is 7.99. The molecule has 1 fully saturated rings. The van der Waals surface area contributed by atoms with Crippen LogP contribution in [-0.4, -0.2) is 60.8 Å². The van der Waals surface area contributed by atoms with Crippen molar-refractivity contribution in [2.45, 2.75) is 50.9 Å². The fraction of sp³-hybridized carbons (Fsp3) is 0.733. The van der Waals surface area contributed by atoms with E-state index in [9.17, 15) is 19.2 Å². The lowest BCUT2D eigenvalue weighted by molar-refractivity contribution is -0.215. The number of esters is 3. The Labute approximate surface area is 144 Å². The number of carbonyl (C=O) groups excluding carboxylic acids is 4. The summed E-state index contributed by atoms with van der Waals surface area (Å²) < 4.78 is 20.9. The molecule has 0 aliphatic carbocycles. The number of hydrogen-bond donors (Lipinski definition) is 0. The first-order chi connectivity index (χ1) is 11.2. The van der Waals surface area contributed by atoms with Crippen molar-refractivity contribution in [3.63, 3.8) is 0 Å². The largest absolute Gasteiger partial charge is 0.467 e. The van der Waals surface area contributed by atoms with Crippen LogP contribution in [0.1, 0.15) is 27.2 Å². The molecule has 0 spiro atoms. The van der Waals surface area contributed by atoms with E-state index in [1.165, 1.54) is 39.6 Å². The Bertz CT molecular complexity index is 506. The van der Waals surface area contributed by atoms with Gasteiger partial charge in [0.1, 0.15) is 23.4 Å². The molecule has 1 heterocycles. The van der Waals surface area contributed by atoms with Crippen LogP contribution in [0.5, 0.6) is 0 Å². The second-order valence-corrected chi connectivity index (χ2v) is 6.34. The van der Waals surface area contributed by atoms with Gasteiger partial charge in [-0.15, -0.1) is 11.8 Å². The minimum Gasteiger partial charge on any atom is -0.467 e. The van der Waals surface area contributed by atoms with E-state index in [0.717, 1.165) is 0 Å². The normalized spacial score (nSPS) is 29.5. The topological polar surface area (TPSA) is 105 Å². The SMILES string of the molecule is COC(=O)C1OC(SC)C(OC(C)=O)C(CC(C)=O)C1OC(C)=O. The standard InChI is InChI=1S/C15H22O8S/c1-7(16)6-10-11(21-8(2)17)13(14(19)20-4)23-15(24-5)12(10)22-9(3)18/h10-13,15H,6H2,1-5H3. The number of ether oxygens (including phenoxy) is 4. The quantitative estimate of drug-likeness (QED) is 0.499. The van der Waals surface area contributed by atoms with Crippen molar-refractivity contribution in [2.24, 2.45) is 5.92 Å². The van der Waals surface area contributed by atoms with E-state index in [1.54, 1.807) is 6.26 Å². The molecule has 0 bridgehead atoms. The lowest BCUT2D eigenvalue weighted by Crippen LogP contribution is -2.58. The predicted molar refractivity (Wildman–Crippen MR) is 84.1 cm³/mol. The molecular formula is C15H22O8S. The zero-order valence-corrected chi connectivity index (χ0v) is 15.1. The molecule has 1 saturated heterocycles. The van der Waals surface area contributed by atoms with Gasteiger partial charge in [-0.2, -0.15) is 0 Å². The maximum absolute atomic E-state index is 12.0. The minimum atomic E-state index is -1.20. The molecule has 8 nitrogen and oxygen atoms in total. The fourth-order valence-corrected chi connectivity index (χ4v) is 3.40. The van der Waals surface area contributed by atoms with Crippen LogP contribution >= 0.6 is 11.8 Å². The molecule has 1 aliphatic rings. The van der Waals surface area contributed by atoms with E-state index in [1.807, 2.05) is 0 Å². The number of hydrogen-bond acceptors (Lipinski definition) is 9. The summed E-state index contributed by atoms with van der Waals surface area (Å²) in [4.78, 5) is 46.6. The average Bonchev–Trinajstić information content (AvgIpc) is 2.48. The third-order valence-corrected chi connectivity index (χ3v) is 4.33. The first kappa shape index (κ1) is 20.4. The summed E-state index contributed by atoms with van der Waals surface area (Å²) in [6.45, 7) is 3.78. The van der Waals surface area contributed by atoms with Gasteiger partial charge in [-0.3, -0.25) is 9.59 Å². The third-order valence-electron chi connectivity index (χ3n) is 3.48. The summed E-state index contributed by atoms with van der Waals surface area (Å²) in [5.41, 5.74) is -0.700. The average molecular weight is 362 g/mol. The lowest BCUT2D eigenvalue weighted by Gasteiger charge is -2.43. The van der Waals surface area contributed by atoms with Gasteiger partial charge in [-0.1, -0.05) is 0 Å². The summed E-state index contributed by atoms with van der Waals surface area (Å²) in [5.74, 6) is -2.84. The number of methoxy groups -OCH3 is 1. The molecule has 0 aromatic rings. The summed E-state index contributed by atoms with van der Waals surface area (Å²) >= 11 is 1.22. The zero-order valence-electron chi connectivity index (χ0n) is 14.3. The van der Waals surface area contributed by atoms with Crippen molar-refractivity contribution in [1.29, 1.82) is 0 Å². The van der Waals surface area contributed by atoms with Gasteiger partial charge in [0, 0.05) is 26.2 Å². The number of Topliss-reactive ketones (excluding diaryl/α,β-unsaturated/α-hetero) is 1. The smallest absolute Gasteiger partial charge is 0.338 e. The Hall–Kier alpha value is -1.61. The molecule has 9 heteroatoms. The van der Waals surface area contributed by atoms with Gasteiger partial charge in [0.25, 0.3) is 0 Å². The highest BCUT2D eigenvalue weighted by Crippen LogP contribution is 2.37.